The van der Waals surface area contributed by atoms with Crippen molar-refractivity contribution in [2.24, 2.45) is 0 Å². The van der Waals surface area contributed by atoms with Crippen molar-refractivity contribution in [2.75, 3.05) is 6.61 Å². The first kappa shape index (κ1) is 15.9. The summed E-state index contributed by atoms with van der Waals surface area (Å²) >= 11 is 0. The van der Waals surface area contributed by atoms with Crippen LogP contribution in [0.15, 0.2) is 42.5 Å². The van der Waals surface area contributed by atoms with E-state index in [1.54, 1.807) is 31.2 Å². The van der Waals surface area contributed by atoms with E-state index in [0.29, 0.717) is 17.7 Å². The van der Waals surface area contributed by atoms with Crippen molar-refractivity contribution < 1.29 is 18.3 Å². The zero-order chi connectivity index (χ0) is 15.9. The van der Waals surface area contributed by atoms with Gasteiger partial charge in [-0.05, 0) is 36.2 Å². The number of carbonyl (C=O) groups excluding carboxylic acids is 1. The van der Waals surface area contributed by atoms with Crippen LogP contribution in [-0.2, 0) is 17.8 Å². The zero-order valence-electron chi connectivity index (χ0n) is 12.2. The van der Waals surface area contributed by atoms with Crippen LogP contribution < -0.4 is 10.1 Å². The molecule has 3 nitrogen and oxygen atoms in total. The molecule has 0 aliphatic carbocycles. The van der Waals surface area contributed by atoms with Crippen LogP contribution in [0.1, 0.15) is 18.1 Å². The lowest BCUT2D eigenvalue weighted by atomic mass is 10.1. The minimum Gasteiger partial charge on any atom is -0.491 e. The number of nitrogens with one attached hydrogen (secondary N) is 1. The molecule has 2 rings (SSSR count). The van der Waals surface area contributed by atoms with Crippen LogP contribution in [0.2, 0.25) is 0 Å². The van der Waals surface area contributed by atoms with E-state index in [1.165, 1.54) is 18.2 Å². The third-order valence-corrected chi connectivity index (χ3v) is 3.09. The van der Waals surface area contributed by atoms with E-state index >= 15 is 0 Å². The highest BCUT2D eigenvalue weighted by molar-refractivity contribution is 5.78. The Hall–Kier alpha value is -2.43. The third kappa shape index (κ3) is 4.28. The van der Waals surface area contributed by atoms with Crippen LogP contribution in [0.3, 0.4) is 0 Å². The van der Waals surface area contributed by atoms with Gasteiger partial charge < -0.3 is 10.1 Å². The van der Waals surface area contributed by atoms with Crippen molar-refractivity contribution in [1.82, 2.24) is 5.32 Å². The van der Waals surface area contributed by atoms with Gasteiger partial charge in [0.25, 0.3) is 0 Å². The van der Waals surface area contributed by atoms with Crippen LogP contribution >= 0.6 is 0 Å². The van der Waals surface area contributed by atoms with Crippen molar-refractivity contribution in [3.8, 4) is 5.75 Å². The molecule has 0 aliphatic rings. The predicted molar refractivity (Wildman–Crippen MR) is 79.5 cm³/mol. The molecule has 0 fully saturated rings. The fourth-order valence-corrected chi connectivity index (χ4v) is 2.00. The predicted octanol–water partition coefficient (Wildman–Crippen LogP) is 3.22. The van der Waals surface area contributed by atoms with Gasteiger partial charge in [-0.15, -0.1) is 0 Å². The largest absolute Gasteiger partial charge is 0.491 e. The van der Waals surface area contributed by atoms with E-state index in [0.717, 1.165) is 0 Å². The first-order chi connectivity index (χ1) is 10.6. The molecule has 0 heterocycles. The van der Waals surface area contributed by atoms with E-state index in [2.05, 4.69) is 5.32 Å². The molecule has 0 unspecified atom stereocenters. The van der Waals surface area contributed by atoms with E-state index < -0.39 is 11.6 Å². The summed E-state index contributed by atoms with van der Waals surface area (Å²) in [7, 11) is 0. The number of amides is 1. The molecule has 0 aliphatic heterocycles. The summed E-state index contributed by atoms with van der Waals surface area (Å²) in [5.41, 5.74) is 0.945. The Labute approximate surface area is 127 Å². The maximum atomic E-state index is 13.7. The first-order valence-electron chi connectivity index (χ1n) is 7.01. The molecule has 0 saturated carbocycles. The number of benzene rings is 2. The lowest BCUT2D eigenvalue weighted by Gasteiger charge is -2.08. The second kappa shape index (κ2) is 7.54. The fourth-order valence-electron chi connectivity index (χ4n) is 2.00. The van der Waals surface area contributed by atoms with Gasteiger partial charge in [0, 0.05) is 6.54 Å². The number of carbonyl (C=O) groups is 1. The summed E-state index contributed by atoms with van der Waals surface area (Å²) in [5, 5.41) is 2.64. The van der Waals surface area contributed by atoms with Crippen molar-refractivity contribution in [2.45, 2.75) is 19.9 Å². The van der Waals surface area contributed by atoms with Gasteiger partial charge in [-0.3, -0.25) is 4.79 Å². The molecule has 1 amide bonds. The summed E-state index contributed by atoms with van der Waals surface area (Å²) < 4.78 is 32.2. The van der Waals surface area contributed by atoms with Gasteiger partial charge in [0.2, 0.25) is 5.91 Å². The van der Waals surface area contributed by atoms with Crippen molar-refractivity contribution in [3.05, 3.63) is 65.2 Å². The number of rotatable bonds is 6. The lowest BCUT2D eigenvalue weighted by Crippen LogP contribution is -2.25. The number of hydrogen-bond acceptors (Lipinski definition) is 2. The molecular formula is C17H17F2NO2. The van der Waals surface area contributed by atoms with Gasteiger partial charge in [0.05, 0.1) is 13.0 Å². The first-order valence-corrected chi connectivity index (χ1v) is 7.01. The Bertz CT molecular complexity index is 659. The van der Waals surface area contributed by atoms with Crippen molar-refractivity contribution in [3.63, 3.8) is 0 Å². The van der Waals surface area contributed by atoms with Gasteiger partial charge in [-0.2, -0.15) is 0 Å². The van der Waals surface area contributed by atoms with Crippen LogP contribution in [0.25, 0.3) is 0 Å². The van der Waals surface area contributed by atoms with E-state index in [9.17, 15) is 13.6 Å². The minimum absolute atomic E-state index is 0.0494. The molecule has 2 aromatic rings. The van der Waals surface area contributed by atoms with Gasteiger partial charge >= 0.3 is 0 Å². The standard InChI is InChI=1S/C17H17F2NO2/c1-2-22-16-8-7-12(9-15(16)19)11-20-17(21)10-13-5-3-4-6-14(13)18/h3-9H,2,10-11H2,1H3,(H,20,21). The summed E-state index contributed by atoms with van der Waals surface area (Å²) in [6.45, 7) is 2.34. The highest BCUT2D eigenvalue weighted by Gasteiger charge is 2.08. The second-order valence-electron chi connectivity index (χ2n) is 4.74. The highest BCUT2D eigenvalue weighted by Crippen LogP contribution is 2.18. The Kier molecular flexibility index (Phi) is 5.47. The summed E-state index contributed by atoms with van der Waals surface area (Å²) in [6, 6.07) is 10.6. The summed E-state index contributed by atoms with van der Waals surface area (Å²) in [4.78, 5) is 11.8. The van der Waals surface area contributed by atoms with Gasteiger partial charge in [0.15, 0.2) is 11.6 Å². The maximum absolute atomic E-state index is 13.7. The van der Waals surface area contributed by atoms with Gasteiger partial charge in [0.1, 0.15) is 5.82 Å². The molecule has 5 heteroatoms. The Balaban J connectivity index is 1.91. The molecule has 0 bridgehead atoms. The second-order valence-corrected chi connectivity index (χ2v) is 4.74. The Morgan fingerprint density at radius 2 is 1.91 bits per heavy atom. The van der Waals surface area contributed by atoms with Crippen molar-refractivity contribution in [1.29, 1.82) is 0 Å². The highest BCUT2D eigenvalue weighted by atomic mass is 19.1. The zero-order valence-corrected chi connectivity index (χ0v) is 12.2. The third-order valence-electron chi connectivity index (χ3n) is 3.09. The molecule has 0 atom stereocenters. The van der Waals surface area contributed by atoms with E-state index in [1.807, 2.05) is 0 Å². The quantitative estimate of drug-likeness (QED) is 0.890. The lowest BCUT2D eigenvalue weighted by molar-refractivity contribution is -0.120. The molecule has 22 heavy (non-hydrogen) atoms. The average molecular weight is 305 g/mol. The van der Waals surface area contributed by atoms with Crippen molar-refractivity contribution >= 4 is 5.91 Å². The smallest absolute Gasteiger partial charge is 0.224 e. The normalized spacial score (nSPS) is 10.3. The van der Waals surface area contributed by atoms with Crippen LogP contribution in [0.5, 0.6) is 5.75 Å². The fraction of sp³-hybridized carbons (Fsp3) is 0.235. The summed E-state index contributed by atoms with van der Waals surface area (Å²) in [5.74, 6) is -1.02. The average Bonchev–Trinajstić information content (AvgIpc) is 2.50. The topological polar surface area (TPSA) is 38.3 Å². The number of hydrogen-bond donors (Lipinski definition) is 1. The molecular weight excluding hydrogens is 288 g/mol. The van der Waals surface area contributed by atoms with Gasteiger partial charge in [-0.1, -0.05) is 24.3 Å². The molecule has 116 valence electrons. The molecule has 0 spiro atoms. The molecule has 0 radical (unpaired) electrons. The van der Waals surface area contributed by atoms with E-state index in [-0.39, 0.29) is 24.6 Å². The monoisotopic (exact) mass is 305 g/mol. The maximum Gasteiger partial charge on any atom is 0.224 e. The van der Waals surface area contributed by atoms with Crippen LogP contribution in [0.4, 0.5) is 8.78 Å². The SMILES string of the molecule is CCOc1ccc(CNC(=O)Cc2ccccc2F)cc1F. The molecule has 1 N–H and O–H groups in total. The van der Waals surface area contributed by atoms with E-state index in [4.69, 9.17) is 4.74 Å². The number of halogens is 2. The van der Waals surface area contributed by atoms with Crippen LogP contribution in [0, 0.1) is 11.6 Å². The molecule has 0 aromatic heterocycles. The molecule has 2 aromatic carbocycles. The minimum atomic E-state index is -0.470. The van der Waals surface area contributed by atoms with Crippen LogP contribution in [-0.4, -0.2) is 12.5 Å². The number of ether oxygens (including phenoxy) is 1. The Morgan fingerprint density at radius 1 is 1.14 bits per heavy atom. The Morgan fingerprint density at radius 3 is 2.59 bits per heavy atom. The van der Waals surface area contributed by atoms with Gasteiger partial charge in [-0.25, -0.2) is 8.78 Å². The molecule has 0 saturated heterocycles. The summed E-state index contributed by atoms with van der Waals surface area (Å²) in [6.07, 6.45) is -0.0494.